The third kappa shape index (κ3) is 3.82. The quantitative estimate of drug-likeness (QED) is 0.650. The first-order valence-corrected chi connectivity index (χ1v) is 14.5. The Kier molecular flexibility index (Phi) is 5.22. The number of hydrogen-bond donors (Lipinski definition) is 1. The average molecular weight is 493 g/mol. The van der Waals surface area contributed by atoms with E-state index in [0.717, 1.165) is 35.2 Å². The van der Waals surface area contributed by atoms with Crippen molar-refractivity contribution in [3.8, 4) is 11.1 Å². The Hall–Kier alpha value is -2.87. The van der Waals surface area contributed by atoms with Gasteiger partial charge < -0.3 is 15.1 Å². The molecule has 6 rings (SSSR count). The Balaban J connectivity index is 1.38. The van der Waals surface area contributed by atoms with E-state index in [1.54, 1.807) is 12.3 Å². The maximum Gasteiger partial charge on any atom is 0.256 e. The number of nitrogens with one attached hydrogen (secondary N) is 1. The second-order valence-corrected chi connectivity index (χ2v) is 12.6. The van der Waals surface area contributed by atoms with Gasteiger partial charge in [-0.1, -0.05) is 0 Å². The topological polar surface area (TPSA) is 82.6 Å². The first-order chi connectivity index (χ1) is 16.7. The lowest BCUT2D eigenvalue weighted by Gasteiger charge is -2.40. The van der Waals surface area contributed by atoms with Crippen LogP contribution in [0.3, 0.4) is 0 Å². The van der Waals surface area contributed by atoms with Gasteiger partial charge in [0.1, 0.15) is 6.17 Å². The van der Waals surface area contributed by atoms with E-state index in [0.29, 0.717) is 24.1 Å². The Morgan fingerprint density at radius 2 is 1.89 bits per heavy atom. The Bertz CT molecular complexity index is 1340. The van der Waals surface area contributed by atoms with E-state index in [1.807, 2.05) is 23.1 Å². The molecule has 8 heteroatoms. The van der Waals surface area contributed by atoms with Crippen molar-refractivity contribution in [3.05, 3.63) is 59.2 Å². The van der Waals surface area contributed by atoms with Gasteiger partial charge >= 0.3 is 0 Å². The number of amides is 1. The fourth-order valence-electron chi connectivity index (χ4n) is 5.79. The number of aromatic nitrogens is 1. The summed E-state index contributed by atoms with van der Waals surface area (Å²) >= 11 is 0. The van der Waals surface area contributed by atoms with Crippen molar-refractivity contribution in [2.75, 3.05) is 6.26 Å². The van der Waals surface area contributed by atoms with E-state index in [4.69, 9.17) is 0 Å². The molecule has 184 valence electrons. The standard InChI is InChI=1S/C27H32N4O3S/c1-16-14-29-26(31(16)22-5-4-6-22)23-12-19(9-10-28-23)20-11-21-15-30(17(2)18-7-8-18)27(32)25(21)24(13-20)35(3,33)34/h9-14,17-18,22,26,29H,4-8,15H2,1-3H3. The van der Waals surface area contributed by atoms with Crippen molar-refractivity contribution in [2.45, 2.75) is 75.6 Å². The number of rotatable bonds is 6. The smallest absolute Gasteiger partial charge is 0.256 e. The highest BCUT2D eigenvalue weighted by molar-refractivity contribution is 7.90. The lowest BCUT2D eigenvalue weighted by atomic mass is 9.90. The van der Waals surface area contributed by atoms with E-state index >= 15 is 0 Å². The summed E-state index contributed by atoms with van der Waals surface area (Å²) in [6, 6.07) is 8.28. The third-order valence-corrected chi connectivity index (χ3v) is 9.31. The number of carbonyl (C=O) groups is 1. The highest BCUT2D eigenvalue weighted by atomic mass is 32.2. The van der Waals surface area contributed by atoms with Crippen LogP contribution in [-0.4, -0.2) is 47.4 Å². The highest BCUT2D eigenvalue weighted by Gasteiger charge is 2.41. The summed E-state index contributed by atoms with van der Waals surface area (Å²) < 4.78 is 25.6. The summed E-state index contributed by atoms with van der Waals surface area (Å²) in [6.07, 6.45) is 10.9. The van der Waals surface area contributed by atoms with Crippen LogP contribution in [0.5, 0.6) is 0 Å². The molecule has 2 aliphatic heterocycles. The maximum atomic E-state index is 13.3. The van der Waals surface area contributed by atoms with Crippen molar-refractivity contribution in [1.82, 2.24) is 20.1 Å². The van der Waals surface area contributed by atoms with Crippen LogP contribution >= 0.6 is 0 Å². The number of allylic oxidation sites excluding steroid dienone is 1. The summed E-state index contributed by atoms with van der Waals surface area (Å²) in [5.74, 6) is 0.362. The van der Waals surface area contributed by atoms with Gasteiger partial charge in [-0.2, -0.15) is 0 Å². The predicted octanol–water partition coefficient (Wildman–Crippen LogP) is 4.22. The monoisotopic (exact) mass is 492 g/mol. The van der Waals surface area contributed by atoms with Gasteiger partial charge in [0.2, 0.25) is 0 Å². The molecule has 2 fully saturated rings. The second kappa shape index (κ2) is 8.08. The number of carbonyl (C=O) groups excluding carboxylic acids is 1. The number of pyridine rings is 1. The molecule has 35 heavy (non-hydrogen) atoms. The molecule has 2 saturated carbocycles. The summed E-state index contributed by atoms with van der Waals surface area (Å²) in [6.45, 7) is 4.67. The molecule has 1 aromatic heterocycles. The van der Waals surface area contributed by atoms with Gasteiger partial charge in [-0.3, -0.25) is 9.78 Å². The number of nitrogens with zero attached hydrogens (tertiary/aromatic N) is 3. The lowest BCUT2D eigenvalue weighted by Crippen LogP contribution is -2.41. The third-order valence-electron chi connectivity index (χ3n) is 8.19. The number of hydrogen-bond acceptors (Lipinski definition) is 6. The first-order valence-electron chi connectivity index (χ1n) is 12.6. The molecule has 2 aromatic rings. The molecule has 0 spiro atoms. The van der Waals surface area contributed by atoms with Crippen molar-refractivity contribution >= 4 is 15.7 Å². The Morgan fingerprint density at radius 3 is 2.54 bits per heavy atom. The minimum absolute atomic E-state index is 0.0273. The number of fused-ring (bicyclic) bond motifs is 1. The van der Waals surface area contributed by atoms with Crippen molar-refractivity contribution in [1.29, 1.82) is 0 Å². The molecule has 2 atom stereocenters. The fourth-order valence-corrected chi connectivity index (χ4v) is 6.72. The average Bonchev–Trinajstić information content (AvgIpc) is 3.51. The van der Waals surface area contributed by atoms with E-state index in [1.165, 1.54) is 31.2 Å². The van der Waals surface area contributed by atoms with Gasteiger partial charge in [-0.25, -0.2) is 8.42 Å². The van der Waals surface area contributed by atoms with Crippen LogP contribution in [0.1, 0.15) is 73.7 Å². The summed E-state index contributed by atoms with van der Waals surface area (Å²) in [5, 5.41) is 3.47. The first kappa shape index (κ1) is 22.6. The second-order valence-electron chi connectivity index (χ2n) is 10.6. The van der Waals surface area contributed by atoms with E-state index < -0.39 is 9.84 Å². The Morgan fingerprint density at radius 1 is 1.11 bits per heavy atom. The molecule has 1 amide bonds. The Labute approximate surface area is 207 Å². The molecule has 4 aliphatic rings. The molecule has 0 radical (unpaired) electrons. The number of sulfone groups is 1. The van der Waals surface area contributed by atoms with Crippen LogP contribution in [-0.2, 0) is 16.4 Å². The van der Waals surface area contributed by atoms with Crippen LogP contribution < -0.4 is 5.32 Å². The van der Waals surface area contributed by atoms with Gasteiger partial charge in [-0.05, 0) is 92.8 Å². The van der Waals surface area contributed by atoms with Crippen molar-refractivity contribution in [2.24, 2.45) is 5.92 Å². The van der Waals surface area contributed by atoms with Crippen molar-refractivity contribution in [3.63, 3.8) is 0 Å². The molecular weight excluding hydrogens is 460 g/mol. The van der Waals surface area contributed by atoms with Crippen LogP contribution in [0, 0.1) is 5.92 Å². The van der Waals surface area contributed by atoms with Gasteiger partial charge in [-0.15, -0.1) is 0 Å². The minimum atomic E-state index is -3.59. The van der Waals surface area contributed by atoms with Gasteiger partial charge in [0, 0.05) is 43.0 Å². The molecule has 7 nitrogen and oxygen atoms in total. The molecule has 0 saturated heterocycles. The zero-order chi connectivity index (χ0) is 24.5. The number of benzene rings is 1. The molecule has 1 aromatic carbocycles. The molecular formula is C27H32N4O3S. The summed E-state index contributed by atoms with van der Waals surface area (Å²) in [5.41, 5.74) is 4.98. The highest BCUT2D eigenvalue weighted by Crippen LogP contribution is 2.41. The molecule has 0 bridgehead atoms. The lowest BCUT2D eigenvalue weighted by molar-refractivity contribution is 0.0694. The molecule has 1 N–H and O–H groups in total. The summed E-state index contributed by atoms with van der Waals surface area (Å²) in [4.78, 5) is 22.4. The van der Waals surface area contributed by atoms with Crippen LogP contribution in [0.2, 0.25) is 0 Å². The van der Waals surface area contributed by atoms with E-state index in [-0.39, 0.29) is 23.0 Å². The SMILES string of the molecule is CC1=CNC(c2cc(-c3cc4c(c(S(C)(=O)=O)c3)C(=O)N(C(C)C3CC3)C4)ccn2)N1C1CCC1. The maximum absolute atomic E-state index is 13.3. The minimum Gasteiger partial charge on any atom is -0.365 e. The largest absolute Gasteiger partial charge is 0.365 e. The van der Waals surface area contributed by atoms with Gasteiger partial charge in [0.05, 0.1) is 16.2 Å². The molecule has 2 unspecified atom stereocenters. The molecule has 2 aliphatic carbocycles. The zero-order valence-corrected chi connectivity index (χ0v) is 21.3. The normalized spacial score (nSPS) is 23.1. The fraction of sp³-hybridized carbons (Fsp3) is 0.481. The van der Waals surface area contributed by atoms with Crippen LogP contribution in [0.15, 0.2) is 47.3 Å². The van der Waals surface area contributed by atoms with Gasteiger partial charge in [0.25, 0.3) is 5.91 Å². The summed E-state index contributed by atoms with van der Waals surface area (Å²) in [7, 11) is -3.59. The van der Waals surface area contributed by atoms with E-state index in [9.17, 15) is 13.2 Å². The van der Waals surface area contributed by atoms with Gasteiger partial charge in [0.15, 0.2) is 9.84 Å². The van der Waals surface area contributed by atoms with Crippen LogP contribution in [0.25, 0.3) is 11.1 Å². The zero-order valence-electron chi connectivity index (χ0n) is 20.5. The molecule has 3 heterocycles. The predicted molar refractivity (Wildman–Crippen MR) is 134 cm³/mol. The van der Waals surface area contributed by atoms with Crippen molar-refractivity contribution < 1.29 is 13.2 Å². The van der Waals surface area contributed by atoms with E-state index in [2.05, 4.69) is 35.2 Å². The van der Waals surface area contributed by atoms with Crippen LogP contribution in [0.4, 0.5) is 0 Å².